The Hall–Kier alpha value is -3.91. The molecule has 2 fully saturated rings. The SMILES string of the molecule is N#Cc1cc(-c2ccnc(Nc3cnc(N4CCOCC4)nc3)n2)cnc1N1CCC(F)C1. The van der Waals surface area contributed by atoms with Crippen LogP contribution in [0, 0.1) is 11.3 Å². The van der Waals surface area contributed by atoms with Gasteiger partial charge < -0.3 is 19.9 Å². The maximum absolute atomic E-state index is 13.6. The summed E-state index contributed by atoms with van der Waals surface area (Å²) in [7, 11) is 0. The first-order valence-corrected chi connectivity index (χ1v) is 10.7. The quantitative estimate of drug-likeness (QED) is 0.625. The first-order valence-electron chi connectivity index (χ1n) is 10.7. The maximum atomic E-state index is 13.6. The van der Waals surface area contributed by atoms with E-state index in [2.05, 4.69) is 41.2 Å². The van der Waals surface area contributed by atoms with Gasteiger partial charge in [-0.2, -0.15) is 5.26 Å². The normalized spacial score (nSPS) is 18.2. The molecule has 0 radical (unpaired) electrons. The van der Waals surface area contributed by atoms with Crippen molar-refractivity contribution in [3.63, 3.8) is 0 Å². The van der Waals surface area contributed by atoms with Crippen molar-refractivity contribution in [1.82, 2.24) is 24.9 Å². The fraction of sp³-hybridized carbons (Fsp3) is 0.364. The van der Waals surface area contributed by atoms with E-state index in [0.29, 0.717) is 66.4 Å². The molecule has 0 aliphatic carbocycles. The molecule has 10 nitrogen and oxygen atoms in total. The zero-order valence-corrected chi connectivity index (χ0v) is 17.9. The third-order valence-electron chi connectivity index (χ3n) is 5.56. The molecule has 0 amide bonds. The molecule has 0 saturated carbocycles. The van der Waals surface area contributed by atoms with Gasteiger partial charge in [0.05, 0.1) is 49.1 Å². The van der Waals surface area contributed by atoms with Crippen LogP contribution in [0.4, 0.5) is 27.8 Å². The van der Waals surface area contributed by atoms with E-state index in [4.69, 9.17) is 4.74 Å². The van der Waals surface area contributed by atoms with E-state index in [1.165, 1.54) is 0 Å². The molecule has 168 valence electrons. The lowest BCUT2D eigenvalue weighted by atomic mass is 10.1. The number of rotatable bonds is 5. The van der Waals surface area contributed by atoms with Crippen molar-refractivity contribution in [1.29, 1.82) is 5.26 Å². The first kappa shape index (κ1) is 21.0. The summed E-state index contributed by atoms with van der Waals surface area (Å²) < 4.78 is 18.9. The molecule has 2 aliphatic heterocycles. The zero-order chi connectivity index (χ0) is 22.6. The topological polar surface area (TPSA) is 116 Å². The van der Waals surface area contributed by atoms with E-state index in [-0.39, 0.29) is 6.54 Å². The number of ether oxygens (including phenoxy) is 1. The van der Waals surface area contributed by atoms with Crippen LogP contribution in [-0.2, 0) is 4.74 Å². The summed E-state index contributed by atoms with van der Waals surface area (Å²) in [5.41, 5.74) is 2.33. The second-order valence-electron chi connectivity index (χ2n) is 7.80. The highest BCUT2D eigenvalue weighted by molar-refractivity contribution is 5.67. The third-order valence-corrected chi connectivity index (χ3v) is 5.56. The lowest BCUT2D eigenvalue weighted by Gasteiger charge is -2.26. The molecule has 0 aromatic carbocycles. The summed E-state index contributed by atoms with van der Waals surface area (Å²) >= 11 is 0. The molecule has 1 atom stereocenters. The molecule has 0 bridgehead atoms. The summed E-state index contributed by atoms with van der Waals surface area (Å²) in [6.07, 6.45) is 6.21. The number of morpholine rings is 1. The van der Waals surface area contributed by atoms with Crippen molar-refractivity contribution in [2.75, 3.05) is 54.5 Å². The van der Waals surface area contributed by atoms with Crippen molar-refractivity contribution in [2.24, 2.45) is 0 Å². The number of anilines is 4. The second-order valence-corrected chi connectivity index (χ2v) is 7.80. The molecule has 2 saturated heterocycles. The number of nitriles is 1. The average molecular weight is 447 g/mol. The van der Waals surface area contributed by atoms with Crippen LogP contribution in [0.5, 0.6) is 0 Å². The van der Waals surface area contributed by atoms with Crippen molar-refractivity contribution in [3.8, 4) is 17.3 Å². The zero-order valence-electron chi connectivity index (χ0n) is 17.9. The Morgan fingerprint density at radius 3 is 2.61 bits per heavy atom. The maximum Gasteiger partial charge on any atom is 0.227 e. The molecule has 0 spiro atoms. The van der Waals surface area contributed by atoms with Gasteiger partial charge in [0.15, 0.2) is 0 Å². The Bertz CT molecular complexity index is 1160. The summed E-state index contributed by atoms with van der Waals surface area (Å²) in [4.78, 5) is 25.9. The highest BCUT2D eigenvalue weighted by Crippen LogP contribution is 2.27. The van der Waals surface area contributed by atoms with Crippen molar-refractivity contribution in [3.05, 3.63) is 42.5 Å². The highest BCUT2D eigenvalue weighted by Gasteiger charge is 2.25. The summed E-state index contributed by atoms with van der Waals surface area (Å²) in [6.45, 7) is 3.68. The average Bonchev–Trinajstić information content (AvgIpc) is 3.31. The molecule has 3 aromatic rings. The molecule has 3 aromatic heterocycles. The lowest BCUT2D eigenvalue weighted by Crippen LogP contribution is -2.37. The molecular weight excluding hydrogens is 425 g/mol. The van der Waals surface area contributed by atoms with E-state index in [1.807, 2.05) is 0 Å². The number of pyridine rings is 1. The van der Waals surface area contributed by atoms with Gasteiger partial charge in [-0.15, -0.1) is 0 Å². The van der Waals surface area contributed by atoms with E-state index >= 15 is 0 Å². The molecule has 1 N–H and O–H groups in total. The minimum Gasteiger partial charge on any atom is -0.378 e. The molecule has 11 heteroatoms. The van der Waals surface area contributed by atoms with Gasteiger partial charge in [0.2, 0.25) is 11.9 Å². The standard InChI is InChI=1S/C22H22FN9O/c23-17-2-4-32(14-17)20-15(10-24)9-16(11-26-20)19-1-3-25-21(30-19)29-18-12-27-22(28-13-18)31-5-7-33-8-6-31/h1,3,9,11-13,17H,2,4-8,14H2,(H,25,29,30). The van der Waals surface area contributed by atoms with Gasteiger partial charge in [-0.25, -0.2) is 29.3 Å². The number of alkyl halides is 1. The second kappa shape index (κ2) is 9.30. The fourth-order valence-corrected chi connectivity index (χ4v) is 3.86. The molecule has 5 heterocycles. The van der Waals surface area contributed by atoms with E-state index in [0.717, 1.165) is 13.1 Å². The number of hydrogen-bond acceptors (Lipinski definition) is 10. The van der Waals surface area contributed by atoms with Crippen LogP contribution in [0.1, 0.15) is 12.0 Å². The van der Waals surface area contributed by atoms with Gasteiger partial charge in [0.1, 0.15) is 18.1 Å². The summed E-state index contributed by atoms with van der Waals surface area (Å²) in [6, 6.07) is 5.64. The van der Waals surface area contributed by atoms with Gasteiger partial charge in [-0.1, -0.05) is 0 Å². The number of nitrogens with one attached hydrogen (secondary N) is 1. The Morgan fingerprint density at radius 2 is 1.88 bits per heavy atom. The van der Waals surface area contributed by atoms with Gasteiger partial charge in [0, 0.05) is 37.6 Å². The van der Waals surface area contributed by atoms with Crippen molar-refractivity contribution in [2.45, 2.75) is 12.6 Å². The number of hydrogen-bond donors (Lipinski definition) is 1. The predicted molar refractivity (Wildman–Crippen MR) is 120 cm³/mol. The first-order chi connectivity index (χ1) is 16.2. The number of nitrogens with zero attached hydrogens (tertiary/aromatic N) is 8. The lowest BCUT2D eigenvalue weighted by molar-refractivity contribution is 0.122. The van der Waals surface area contributed by atoms with E-state index in [1.54, 1.807) is 41.8 Å². The Morgan fingerprint density at radius 1 is 1.06 bits per heavy atom. The monoisotopic (exact) mass is 447 g/mol. The van der Waals surface area contributed by atoms with Crippen molar-refractivity contribution < 1.29 is 9.13 Å². The summed E-state index contributed by atoms with van der Waals surface area (Å²) in [5.74, 6) is 1.54. The molecule has 2 aliphatic rings. The van der Waals surface area contributed by atoms with Gasteiger partial charge >= 0.3 is 0 Å². The molecular formula is C22H22FN9O. The smallest absolute Gasteiger partial charge is 0.227 e. The van der Waals surface area contributed by atoms with Gasteiger partial charge in [0.25, 0.3) is 0 Å². The van der Waals surface area contributed by atoms with Gasteiger partial charge in [-0.3, -0.25) is 0 Å². The fourth-order valence-electron chi connectivity index (χ4n) is 3.86. The van der Waals surface area contributed by atoms with E-state index in [9.17, 15) is 9.65 Å². The van der Waals surface area contributed by atoms with Crippen LogP contribution in [0.25, 0.3) is 11.3 Å². The third kappa shape index (κ3) is 4.65. The minimum absolute atomic E-state index is 0.259. The van der Waals surface area contributed by atoms with Crippen LogP contribution in [0.3, 0.4) is 0 Å². The minimum atomic E-state index is -0.888. The van der Waals surface area contributed by atoms with Crippen LogP contribution >= 0.6 is 0 Å². The molecule has 5 rings (SSSR count). The highest BCUT2D eigenvalue weighted by atomic mass is 19.1. The predicted octanol–water partition coefficient (Wildman–Crippen LogP) is 2.33. The molecule has 1 unspecified atom stereocenters. The van der Waals surface area contributed by atoms with Gasteiger partial charge in [-0.05, 0) is 18.6 Å². The van der Waals surface area contributed by atoms with Crippen LogP contribution < -0.4 is 15.1 Å². The Kier molecular flexibility index (Phi) is 5.91. The van der Waals surface area contributed by atoms with Crippen LogP contribution in [0.2, 0.25) is 0 Å². The summed E-state index contributed by atoms with van der Waals surface area (Å²) in [5, 5.41) is 12.7. The Balaban J connectivity index is 1.32. The van der Waals surface area contributed by atoms with Crippen LogP contribution in [0.15, 0.2) is 36.9 Å². The van der Waals surface area contributed by atoms with Crippen molar-refractivity contribution >= 4 is 23.4 Å². The number of aromatic nitrogens is 5. The largest absolute Gasteiger partial charge is 0.378 e. The molecule has 33 heavy (non-hydrogen) atoms. The number of halogens is 1. The van der Waals surface area contributed by atoms with Crippen LogP contribution in [-0.4, -0.2) is 70.5 Å². The van der Waals surface area contributed by atoms with E-state index < -0.39 is 6.17 Å². The Labute approximate surface area is 190 Å².